The molecule has 128 valence electrons. The first-order chi connectivity index (χ1) is 10.8. The van der Waals surface area contributed by atoms with Crippen molar-refractivity contribution in [3.63, 3.8) is 0 Å². The molecular formula is C15H17F4NO3. The number of hydrogen-bond acceptors (Lipinski definition) is 3. The highest BCUT2D eigenvalue weighted by Gasteiger charge is 2.31. The second-order valence-corrected chi connectivity index (χ2v) is 5.29. The summed E-state index contributed by atoms with van der Waals surface area (Å²) >= 11 is 0. The molecular weight excluding hydrogens is 318 g/mol. The van der Waals surface area contributed by atoms with E-state index in [-0.39, 0.29) is 12.7 Å². The molecule has 1 aliphatic rings. The number of hydrogen-bond donors (Lipinski definition) is 1. The highest BCUT2D eigenvalue weighted by molar-refractivity contribution is 5.94. The number of rotatable bonds is 5. The average Bonchev–Trinajstić information content (AvgIpc) is 2.99. The molecule has 1 aromatic rings. The van der Waals surface area contributed by atoms with Crippen LogP contribution in [0.5, 0.6) is 0 Å². The average molecular weight is 335 g/mol. The molecule has 2 atom stereocenters. The van der Waals surface area contributed by atoms with Gasteiger partial charge in [0.1, 0.15) is 11.9 Å². The number of anilines is 1. The summed E-state index contributed by atoms with van der Waals surface area (Å²) < 4.78 is 62.1. The molecule has 1 amide bonds. The largest absolute Gasteiger partial charge is 0.416 e. The first kappa shape index (κ1) is 17.7. The normalized spacial score (nSPS) is 19.6. The Morgan fingerprint density at radius 3 is 2.83 bits per heavy atom. The second-order valence-electron chi connectivity index (χ2n) is 5.29. The Bertz CT molecular complexity index is 556. The van der Waals surface area contributed by atoms with E-state index in [1.807, 2.05) is 0 Å². The Kier molecular flexibility index (Phi) is 5.59. The molecule has 1 aromatic carbocycles. The summed E-state index contributed by atoms with van der Waals surface area (Å²) in [7, 11) is 0. The Hall–Kier alpha value is -1.67. The van der Waals surface area contributed by atoms with Crippen molar-refractivity contribution in [1.29, 1.82) is 0 Å². The third-order valence-electron chi connectivity index (χ3n) is 3.48. The van der Waals surface area contributed by atoms with Gasteiger partial charge in [-0.05, 0) is 38.0 Å². The lowest BCUT2D eigenvalue weighted by Gasteiger charge is -2.17. The van der Waals surface area contributed by atoms with E-state index in [1.54, 1.807) is 0 Å². The lowest BCUT2D eigenvalue weighted by atomic mass is 10.2. The van der Waals surface area contributed by atoms with Crippen molar-refractivity contribution in [1.82, 2.24) is 0 Å². The highest BCUT2D eigenvalue weighted by Crippen LogP contribution is 2.31. The van der Waals surface area contributed by atoms with Crippen molar-refractivity contribution in [3.05, 3.63) is 29.6 Å². The van der Waals surface area contributed by atoms with Crippen molar-refractivity contribution in [2.24, 2.45) is 0 Å². The first-order valence-electron chi connectivity index (χ1n) is 7.18. The van der Waals surface area contributed by atoms with Crippen LogP contribution in [-0.4, -0.2) is 31.3 Å². The fraction of sp³-hybridized carbons (Fsp3) is 0.533. The van der Waals surface area contributed by atoms with Crippen molar-refractivity contribution < 1.29 is 31.8 Å². The Morgan fingerprint density at radius 1 is 1.48 bits per heavy atom. The van der Waals surface area contributed by atoms with Crippen LogP contribution in [0.3, 0.4) is 0 Å². The molecule has 4 nitrogen and oxygen atoms in total. The van der Waals surface area contributed by atoms with E-state index in [9.17, 15) is 22.4 Å². The van der Waals surface area contributed by atoms with Crippen LogP contribution in [0.15, 0.2) is 18.2 Å². The van der Waals surface area contributed by atoms with Crippen molar-refractivity contribution >= 4 is 11.6 Å². The molecule has 0 saturated carbocycles. The molecule has 1 N–H and O–H groups in total. The molecule has 2 unspecified atom stereocenters. The van der Waals surface area contributed by atoms with Gasteiger partial charge in [0.25, 0.3) is 5.91 Å². The number of alkyl halides is 3. The number of halogens is 4. The van der Waals surface area contributed by atoms with Gasteiger partial charge in [-0.25, -0.2) is 4.39 Å². The van der Waals surface area contributed by atoms with E-state index in [0.29, 0.717) is 24.8 Å². The van der Waals surface area contributed by atoms with Crippen LogP contribution in [0.2, 0.25) is 0 Å². The first-order valence-corrected chi connectivity index (χ1v) is 7.18. The van der Waals surface area contributed by atoms with Gasteiger partial charge in [-0.2, -0.15) is 13.2 Å². The molecule has 2 rings (SSSR count). The molecule has 0 spiro atoms. The summed E-state index contributed by atoms with van der Waals surface area (Å²) in [6, 6.07) is 1.83. The van der Waals surface area contributed by atoms with Crippen LogP contribution < -0.4 is 5.32 Å². The summed E-state index contributed by atoms with van der Waals surface area (Å²) in [5.74, 6) is -1.67. The number of nitrogens with one attached hydrogen (secondary N) is 1. The summed E-state index contributed by atoms with van der Waals surface area (Å²) in [6.07, 6.45) is -3.89. The van der Waals surface area contributed by atoms with E-state index < -0.39 is 35.3 Å². The van der Waals surface area contributed by atoms with Crippen LogP contribution in [-0.2, 0) is 20.4 Å². The van der Waals surface area contributed by atoms with Crippen LogP contribution in [0.4, 0.5) is 23.2 Å². The number of carbonyl (C=O) groups excluding carboxylic acids is 1. The van der Waals surface area contributed by atoms with Gasteiger partial charge < -0.3 is 14.8 Å². The van der Waals surface area contributed by atoms with Crippen LogP contribution in [0, 0.1) is 5.82 Å². The molecule has 23 heavy (non-hydrogen) atoms. The maximum absolute atomic E-state index is 13.6. The zero-order valence-corrected chi connectivity index (χ0v) is 12.5. The van der Waals surface area contributed by atoms with E-state index >= 15 is 0 Å². The van der Waals surface area contributed by atoms with Crippen LogP contribution in [0.1, 0.15) is 25.3 Å². The SMILES string of the molecule is CC(OCC1CCCO1)C(=O)Nc1cc(C(F)(F)F)ccc1F. The lowest BCUT2D eigenvalue weighted by molar-refractivity contribution is -0.137. The van der Waals surface area contributed by atoms with E-state index in [0.717, 1.165) is 12.8 Å². The van der Waals surface area contributed by atoms with Crippen molar-refractivity contribution in [2.45, 2.75) is 38.1 Å². The third kappa shape index (κ3) is 4.90. The van der Waals surface area contributed by atoms with Gasteiger partial charge in [-0.15, -0.1) is 0 Å². The fourth-order valence-electron chi connectivity index (χ4n) is 2.13. The minimum absolute atomic E-state index is 0.0875. The molecule has 0 radical (unpaired) electrons. The van der Waals surface area contributed by atoms with Crippen LogP contribution in [0.25, 0.3) is 0 Å². The molecule has 1 aliphatic heterocycles. The van der Waals surface area contributed by atoms with E-state index in [2.05, 4.69) is 5.32 Å². The second kappa shape index (κ2) is 7.27. The van der Waals surface area contributed by atoms with Gasteiger partial charge in [0.2, 0.25) is 0 Å². The quantitative estimate of drug-likeness (QED) is 0.840. The molecule has 0 aliphatic carbocycles. The van der Waals surface area contributed by atoms with Gasteiger partial charge in [-0.3, -0.25) is 4.79 Å². The summed E-state index contributed by atoms with van der Waals surface area (Å²) in [6.45, 7) is 2.29. The Morgan fingerprint density at radius 2 is 2.22 bits per heavy atom. The summed E-state index contributed by atoms with van der Waals surface area (Å²) in [5.41, 5.74) is -1.57. The maximum atomic E-state index is 13.6. The molecule has 0 bridgehead atoms. The molecule has 1 fully saturated rings. The standard InChI is InChI=1S/C15H17F4NO3/c1-9(23-8-11-3-2-6-22-11)14(21)20-13-7-10(15(17,18)19)4-5-12(13)16/h4-5,7,9,11H,2-3,6,8H2,1H3,(H,20,21). The van der Waals surface area contributed by atoms with Crippen LogP contribution >= 0.6 is 0 Å². The number of carbonyl (C=O) groups is 1. The predicted molar refractivity (Wildman–Crippen MR) is 74.4 cm³/mol. The Balaban J connectivity index is 1.95. The van der Waals surface area contributed by atoms with Gasteiger partial charge in [0.15, 0.2) is 0 Å². The van der Waals surface area contributed by atoms with E-state index in [1.165, 1.54) is 6.92 Å². The summed E-state index contributed by atoms with van der Waals surface area (Å²) in [5, 5.41) is 2.12. The lowest BCUT2D eigenvalue weighted by Crippen LogP contribution is -2.31. The fourth-order valence-corrected chi connectivity index (χ4v) is 2.13. The molecule has 8 heteroatoms. The van der Waals surface area contributed by atoms with Gasteiger partial charge in [0, 0.05) is 6.61 Å². The topological polar surface area (TPSA) is 47.6 Å². The highest BCUT2D eigenvalue weighted by atomic mass is 19.4. The number of benzene rings is 1. The summed E-state index contributed by atoms with van der Waals surface area (Å²) in [4.78, 5) is 11.9. The molecule has 0 aromatic heterocycles. The maximum Gasteiger partial charge on any atom is 0.416 e. The van der Waals surface area contributed by atoms with Crippen molar-refractivity contribution in [3.8, 4) is 0 Å². The van der Waals surface area contributed by atoms with Crippen molar-refractivity contribution in [2.75, 3.05) is 18.5 Å². The van der Waals surface area contributed by atoms with Gasteiger partial charge >= 0.3 is 6.18 Å². The smallest absolute Gasteiger partial charge is 0.376 e. The molecule has 1 heterocycles. The number of amides is 1. The van der Waals surface area contributed by atoms with E-state index in [4.69, 9.17) is 9.47 Å². The minimum Gasteiger partial charge on any atom is -0.376 e. The molecule has 1 saturated heterocycles. The monoisotopic (exact) mass is 335 g/mol. The predicted octanol–water partition coefficient (Wildman–Crippen LogP) is 3.37. The zero-order valence-electron chi connectivity index (χ0n) is 12.5. The zero-order chi connectivity index (χ0) is 17.0. The van der Waals surface area contributed by atoms with Gasteiger partial charge in [0.05, 0.1) is 24.0 Å². The third-order valence-corrected chi connectivity index (χ3v) is 3.48. The van der Waals surface area contributed by atoms with Gasteiger partial charge in [-0.1, -0.05) is 0 Å². The Labute approximate surface area is 130 Å². The number of ether oxygens (including phenoxy) is 2. The minimum atomic E-state index is -4.62.